The highest BCUT2D eigenvalue weighted by molar-refractivity contribution is 5.97. The Morgan fingerprint density at radius 2 is 2.18 bits per heavy atom. The number of benzene rings is 1. The molecule has 0 aliphatic carbocycles. The molecule has 0 N–H and O–H groups in total. The molecule has 1 amide bonds. The molecule has 0 radical (unpaired) electrons. The molecule has 1 aromatic carbocycles. The lowest BCUT2D eigenvalue weighted by molar-refractivity contribution is 0.0385. The minimum atomic E-state index is 0.0609. The fourth-order valence-electron chi connectivity index (χ4n) is 2.94. The molecule has 3 rings (SSSR count). The number of likely N-dealkylation sites (N-methyl/N-ethyl adjacent to an activating group) is 2. The first-order valence-corrected chi connectivity index (χ1v) is 7.55. The Morgan fingerprint density at radius 3 is 2.82 bits per heavy atom. The summed E-state index contributed by atoms with van der Waals surface area (Å²) in [5.74, 6) is 0.831. The number of nitrogens with zero attached hydrogens (tertiary/aromatic N) is 3. The van der Waals surface area contributed by atoms with Crippen LogP contribution in [0.4, 0.5) is 0 Å². The minimum Gasteiger partial charge on any atom is -0.497 e. The monoisotopic (exact) mass is 299 g/mol. The van der Waals surface area contributed by atoms with E-state index in [-0.39, 0.29) is 5.91 Å². The molecule has 0 spiro atoms. The summed E-state index contributed by atoms with van der Waals surface area (Å²) in [5.41, 5.74) is 1.48. The second-order valence-electron chi connectivity index (χ2n) is 5.75. The number of likely N-dealkylation sites (tertiary alicyclic amines) is 1. The largest absolute Gasteiger partial charge is 0.497 e. The summed E-state index contributed by atoms with van der Waals surface area (Å²) >= 11 is 0. The smallest absolute Gasteiger partial charge is 0.255 e. The van der Waals surface area contributed by atoms with Crippen LogP contribution in [0.3, 0.4) is 0 Å². The van der Waals surface area contributed by atoms with Crippen molar-refractivity contribution in [3.63, 3.8) is 0 Å². The van der Waals surface area contributed by atoms with Crippen LogP contribution in [-0.4, -0.2) is 60.5 Å². The van der Waals surface area contributed by atoms with Crippen LogP contribution in [0.1, 0.15) is 17.3 Å². The molecule has 2 heterocycles. The van der Waals surface area contributed by atoms with Gasteiger partial charge in [-0.3, -0.25) is 9.78 Å². The van der Waals surface area contributed by atoms with E-state index in [0.717, 1.165) is 36.3 Å². The van der Waals surface area contributed by atoms with Crippen LogP contribution in [0, 0.1) is 0 Å². The van der Waals surface area contributed by atoms with E-state index in [0.29, 0.717) is 11.6 Å². The maximum Gasteiger partial charge on any atom is 0.255 e. The van der Waals surface area contributed by atoms with Gasteiger partial charge in [0.15, 0.2) is 0 Å². The van der Waals surface area contributed by atoms with Crippen molar-refractivity contribution in [1.29, 1.82) is 0 Å². The highest BCUT2D eigenvalue weighted by Gasteiger charge is 2.31. The van der Waals surface area contributed by atoms with Crippen LogP contribution in [-0.2, 0) is 0 Å². The number of amides is 1. The Morgan fingerprint density at radius 1 is 1.41 bits per heavy atom. The number of rotatable bonds is 4. The van der Waals surface area contributed by atoms with Gasteiger partial charge in [-0.2, -0.15) is 0 Å². The number of aromatic nitrogens is 1. The third-order valence-corrected chi connectivity index (χ3v) is 4.23. The minimum absolute atomic E-state index is 0.0609. The highest BCUT2D eigenvalue weighted by Crippen LogP contribution is 2.21. The second-order valence-corrected chi connectivity index (χ2v) is 5.75. The van der Waals surface area contributed by atoms with Gasteiger partial charge in [-0.15, -0.1) is 0 Å². The Balaban J connectivity index is 1.87. The third-order valence-electron chi connectivity index (χ3n) is 4.23. The van der Waals surface area contributed by atoms with Crippen LogP contribution in [0.5, 0.6) is 5.75 Å². The summed E-state index contributed by atoms with van der Waals surface area (Å²) < 4.78 is 5.20. The third kappa shape index (κ3) is 2.64. The Kier molecular flexibility index (Phi) is 3.98. The molecular weight excluding hydrogens is 278 g/mol. The van der Waals surface area contributed by atoms with Crippen LogP contribution >= 0.6 is 0 Å². The van der Waals surface area contributed by atoms with Crippen molar-refractivity contribution in [3.8, 4) is 5.75 Å². The number of pyridine rings is 1. The van der Waals surface area contributed by atoms with E-state index in [9.17, 15) is 4.79 Å². The van der Waals surface area contributed by atoms with E-state index in [1.807, 2.05) is 36.1 Å². The fraction of sp³-hybridized carbons (Fsp3) is 0.412. The quantitative estimate of drug-likeness (QED) is 0.866. The van der Waals surface area contributed by atoms with Crippen LogP contribution in [0.25, 0.3) is 10.9 Å². The van der Waals surface area contributed by atoms with E-state index in [2.05, 4.69) is 16.9 Å². The van der Waals surface area contributed by atoms with Gasteiger partial charge in [-0.05, 0) is 32.2 Å². The van der Waals surface area contributed by atoms with Gasteiger partial charge in [0.05, 0.1) is 24.2 Å². The molecule has 1 aliphatic rings. The molecule has 0 unspecified atom stereocenters. The first-order chi connectivity index (χ1) is 10.6. The molecule has 0 saturated carbocycles. The molecule has 0 bridgehead atoms. The molecule has 116 valence electrons. The predicted molar refractivity (Wildman–Crippen MR) is 86.3 cm³/mol. The normalized spacial score (nSPS) is 15.6. The molecular formula is C17H21N3O2. The molecule has 5 nitrogen and oxygen atoms in total. The topological polar surface area (TPSA) is 45.7 Å². The fourth-order valence-corrected chi connectivity index (χ4v) is 2.94. The first-order valence-electron chi connectivity index (χ1n) is 7.55. The van der Waals surface area contributed by atoms with Gasteiger partial charge in [0.25, 0.3) is 5.91 Å². The molecule has 2 aromatic rings. The Bertz CT molecular complexity index is 695. The lowest BCUT2D eigenvalue weighted by Crippen LogP contribution is -2.59. The zero-order valence-corrected chi connectivity index (χ0v) is 13.2. The Labute approximate surface area is 130 Å². The van der Waals surface area contributed by atoms with Crippen molar-refractivity contribution in [2.24, 2.45) is 0 Å². The van der Waals surface area contributed by atoms with Crippen molar-refractivity contribution in [2.45, 2.75) is 13.0 Å². The number of carbonyl (C=O) groups excluding carboxylic acids is 1. The van der Waals surface area contributed by atoms with E-state index in [4.69, 9.17) is 4.74 Å². The Hall–Kier alpha value is -2.14. The zero-order chi connectivity index (χ0) is 15.7. The average Bonchev–Trinajstić information content (AvgIpc) is 2.52. The van der Waals surface area contributed by atoms with Gasteiger partial charge in [0.1, 0.15) is 5.75 Å². The summed E-state index contributed by atoms with van der Waals surface area (Å²) in [6, 6.07) is 7.92. The molecule has 1 aliphatic heterocycles. The van der Waals surface area contributed by atoms with E-state index >= 15 is 0 Å². The van der Waals surface area contributed by atoms with Crippen molar-refractivity contribution < 1.29 is 9.53 Å². The van der Waals surface area contributed by atoms with Crippen LogP contribution in [0.15, 0.2) is 30.5 Å². The SMILES string of the molecule is CCN(C(=O)c1cnc2cc(OC)ccc2c1)C1CN(C)C1. The van der Waals surface area contributed by atoms with Gasteiger partial charge in [0, 0.05) is 37.3 Å². The highest BCUT2D eigenvalue weighted by atomic mass is 16.5. The van der Waals surface area contributed by atoms with Crippen molar-refractivity contribution in [2.75, 3.05) is 33.8 Å². The summed E-state index contributed by atoms with van der Waals surface area (Å²) in [7, 11) is 3.70. The summed E-state index contributed by atoms with van der Waals surface area (Å²) in [6.45, 7) is 4.63. The summed E-state index contributed by atoms with van der Waals surface area (Å²) in [5, 5.41) is 0.952. The van der Waals surface area contributed by atoms with Crippen molar-refractivity contribution >= 4 is 16.8 Å². The summed E-state index contributed by atoms with van der Waals surface area (Å²) in [6.07, 6.45) is 1.66. The molecule has 1 saturated heterocycles. The van der Waals surface area contributed by atoms with E-state index < -0.39 is 0 Å². The number of methoxy groups -OCH3 is 1. The summed E-state index contributed by atoms with van der Waals surface area (Å²) in [4.78, 5) is 21.3. The number of hydrogen-bond acceptors (Lipinski definition) is 4. The predicted octanol–water partition coefficient (Wildman–Crippen LogP) is 2.02. The maximum atomic E-state index is 12.7. The number of fused-ring (bicyclic) bond motifs is 1. The van der Waals surface area contributed by atoms with E-state index in [1.165, 1.54) is 0 Å². The molecule has 1 fully saturated rings. The lowest BCUT2D eigenvalue weighted by atomic mass is 10.1. The molecule has 1 aromatic heterocycles. The lowest BCUT2D eigenvalue weighted by Gasteiger charge is -2.43. The standard InChI is InChI=1S/C17H21N3O2/c1-4-20(14-10-19(2)11-14)17(21)13-7-12-5-6-15(22-3)8-16(12)18-9-13/h5-9,14H,4,10-11H2,1-3H3. The van der Waals surface area contributed by atoms with Crippen LogP contribution in [0.2, 0.25) is 0 Å². The number of hydrogen-bond donors (Lipinski definition) is 0. The maximum absolute atomic E-state index is 12.7. The van der Waals surface area contributed by atoms with E-state index in [1.54, 1.807) is 13.3 Å². The molecule has 0 atom stereocenters. The number of carbonyl (C=O) groups is 1. The second kappa shape index (κ2) is 5.93. The van der Waals surface area contributed by atoms with Crippen LogP contribution < -0.4 is 4.74 Å². The first kappa shape index (κ1) is 14.8. The van der Waals surface area contributed by atoms with Crippen molar-refractivity contribution in [3.05, 3.63) is 36.0 Å². The number of ether oxygens (including phenoxy) is 1. The van der Waals surface area contributed by atoms with Gasteiger partial charge < -0.3 is 14.5 Å². The van der Waals surface area contributed by atoms with Gasteiger partial charge in [-0.1, -0.05) is 0 Å². The average molecular weight is 299 g/mol. The van der Waals surface area contributed by atoms with Gasteiger partial charge in [0.2, 0.25) is 0 Å². The molecule has 22 heavy (non-hydrogen) atoms. The van der Waals surface area contributed by atoms with Gasteiger partial charge >= 0.3 is 0 Å². The van der Waals surface area contributed by atoms with Gasteiger partial charge in [-0.25, -0.2) is 0 Å². The van der Waals surface area contributed by atoms with Crippen molar-refractivity contribution in [1.82, 2.24) is 14.8 Å². The zero-order valence-electron chi connectivity index (χ0n) is 13.2. The molecule has 5 heteroatoms.